The van der Waals surface area contributed by atoms with Crippen LogP contribution in [0.1, 0.15) is 19.4 Å². The fourth-order valence-electron chi connectivity index (χ4n) is 1.03. The molecule has 2 nitrogen and oxygen atoms in total. The van der Waals surface area contributed by atoms with Gasteiger partial charge in [0.2, 0.25) is 0 Å². The zero-order valence-electron chi connectivity index (χ0n) is 9.14. The maximum absolute atomic E-state index is 11.2. The highest BCUT2D eigenvalue weighted by Crippen LogP contribution is 2.01. The molecule has 80 valence electrons. The van der Waals surface area contributed by atoms with Gasteiger partial charge in [-0.25, -0.2) is 4.79 Å². The Hall–Kier alpha value is -1.57. The van der Waals surface area contributed by atoms with E-state index in [1.807, 2.05) is 44.2 Å². The van der Waals surface area contributed by atoms with Crippen LogP contribution in [-0.4, -0.2) is 12.6 Å². The molecule has 15 heavy (non-hydrogen) atoms. The third-order valence-corrected chi connectivity index (χ3v) is 1.77. The molecule has 0 aliphatic carbocycles. The molecule has 0 unspecified atom stereocenters. The first-order valence-corrected chi connectivity index (χ1v) is 5.08. The highest BCUT2D eigenvalue weighted by Gasteiger charge is 1.98. The predicted molar refractivity (Wildman–Crippen MR) is 61.3 cm³/mol. The molecule has 1 aromatic rings. The minimum Gasteiger partial charge on any atom is -0.462 e. The van der Waals surface area contributed by atoms with Gasteiger partial charge in [0, 0.05) is 6.08 Å². The molecule has 0 fully saturated rings. The van der Waals surface area contributed by atoms with Crippen molar-refractivity contribution in [1.82, 2.24) is 0 Å². The van der Waals surface area contributed by atoms with Crippen LogP contribution in [0.3, 0.4) is 0 Å². The Labute approximate surface area is 90.6 Å². The van der Waals surface area contributed by atoms with Crippen molar-refractivity contribution in [3.63, 3.8) is 0 Å². The SMILES string of the molecule is CC(C)COC(=O)/C=C\c1ccccc1. The van der Waals surface area contributed by atoms with Gasteiger partial charge in [0.1, 0.15) is 0 Å². The Morgan fingerprint density at radius 2 is 2.00 bits per heavy atom. The Morgan fingerprint density at radius 3 is 2.60 bits per heavy atom. The van der Waals surface area contributed by atoms with Crippen molar-refractivity contribution in [1.29, 1.82) is 0 Å². The summed E-state index contributed by atoms with van der Waals surface area (Å²) in [5, 5.41) is 0. The average molecular weight is 204 g/mol. The van der Waals surface area contributed by atoms with Crippen LogP contribution in [0.25, 0.3) is 6.08 Å². The molecule has 0 saturated carbocycles. The zero-order valence-corrected chi connectivity index (χ0v) is 9.14. The molecular formula is C13H16O2. The van der Waals surface area contributed by atoms with Crippen LogP contribution in [0, 0.1) is 5.92 Å². The third-order valence-electron chi connectivity index (χ3n) is 1.77. The summed E-state index contributed by atoms with van der Waals surface area (Å²) in [5.74, 6) is 0.0895. The van der Waals surface area contributed by atoms with Crippen LogP contribution in [0.15, 0.2) is 36.4 Å². The van der Waals surface area contributed by atoms with Gasteiger partial charge in [-0.3, -0.25) is 0 Å². The summed E-state index contributed by atoms with van der Waals surface area (Å²) in [6.45, 7) is 4.49. The van der Waals surface area contributed by atoms with Gasteiger partial charge in [-0.05, 0) is 17.6 Å². The molecule has 0 atom stereocenters. The van der Waals surface area contributed by atoms with Gasteiger partial charge < -0.3 is 4.74 Å². The van der Waals surface area contributed by atoms with E-state index in [0.29, 0.717) is 12.5 Å². The average Bonchev–Trinajstić information content (AvgIpc) is 2.25. The van der Waals surface area contributed by atoms with E-state index in [0.717, 1.165) is 5.56 Å². The second-order valence-electron chi connectivity index (χ2n) is 3.77. The Bertz CT molecular complexity index is 326. The van der Waals surface area contributed by atoms with E-state index in [1.165, 1.54) is 6.08 Å². The molecule has 0 radical (unpaired) electrons. The smallest absolute Gasteiger partial charge is 0.330 e. The first-order valence-electron chi connectivity index (χ1n) is 5.08. The third kappa shape index (κ3) is 5.01. The van der Waals surface area contributed by atoms with Crippen molar-refractivity contribution in [3.05, 3.63) is 42.0 Å². The summed E-state index contributed by atoms with van der Waals surface area (Å²) in [6.07, 6.45) is 3.21. The van der Waals surface area contributed by atoms with Gasteiger partial charge in [0.25, 0.3) is 0 Å². The number of carbonyl (C=O) groups excluding carboxylic acids is 1. The summed E-state index contributed by atoms with van der Waals surface area (Å²) in [4.78, 5) is 11.2. The molecule has 0 aliphatic heterocycles. The summed E-state index contributed by atoms with van der Waals surface area (Å²) >= 11 is 0. The van der Waals surface area contributed by atoms with Crippen molar-refractivity contribution < 1.29 is 9.53 Å². The van der Waals surface area contributed by atoms with E-state index in [1.54, 1.807) is 6.08 Å². The lowest BCUT2D eigenvalue weighted by Gasteiger charge is -2.03. The fraction of sp³-hybridized carbons (Fsp3) is 0.308. The molecular weight excluding hydrogens is 188 g/mol. The molecule has 0 bridgehead atoms. The van der Waals surface area contributed by atoms with Crippen molar-refractivity contribution >= 4 is 12.0 Å². The first kappa shape index (κ1) is 11.5. The molecule has 0 aliphatic rings. The Morgan fingerprint density at radius 1 is 1.33 bits per heavy atom. The topological polar surface area (TPSA) is 26.3 Å². The van der Waals surface area contributed by atoms with Crippen molar-refractivity contribution in [3.8, 4) is 0 Å². The maximum atomic E-state index is 11.2. The molecule has 1 rings (SSSR count). The van der Waals surface area contributed by atoms with Crippen molar-refractivity contribution in [2.24, 2.45) is 5.92 Å². The molecule has 0 N–H and O–H groups in total. The highest BCUT2D eigenvalue weighted by molar-refractivity contribution is 5.86. The standard InChI is InChI=1S/C13H16O2/c1-11(2)10-15-13(14)9-8-12-6-4-3-5-7-12/h3-9,11H,10H2,1-2H3/b9-8-. The van der Waals surface area contributed by atoms with Crippen LogP contribution in [0.5, 0.6) is 0 Å². The Balaban J connectivity index is 2.41. The van der Waals surface area contributed by atoms with Gasteiger partial charge >= 0.3 is 5.97 Å². The zero-order chi connectivity index (χ0) is 11.1. The lowest BCUT2D eigenvalue weighted by atomic mass is 10.2. The number of rotatable bonds is 4. The number of hydrogen-bond acceptors (Lipinski definition) is 2. The van der Waals surface area contributed by atoms with E-state index in [-0.39, 0.29) is 5.97 Å². The summed E-state index contributed by atoms with van der Waals surface area (Å²) in [7, 11) is 0. The number of esters is 1. The summed E-state index contributed by atoms with van der Waals surface area (Å²) < 4.78 is 5.00. The quantitative estimate of drug-likeness (QED) is 0.557. The first-order chi connectivity index (χ1) is 7.18. The van der Waals surface area contributed by atoms with Crippen LogP contribution < -0.4 is 0 Å². The predicted octanol–water partition coefficient (Wildman–Crippen LogP) is 2.90. The second kappa shape index (κ2) is 6.02. The van der Waals surface area contributed by atoms with Crippen LogP contribution >= 0.6 is 0 Å². The van der Waals surface area contributed by atoms with Crippen LogP contribution in [0.2, 0.25) is 0 Å². The van der Waals surface area contributed by atoms with Crippen molar-refractivity contribution in [2.45, 2.75) is 13.8 Å². The molecule has 0 amide bonds. The number of hydrogen-bond donors (Lipinski definition) is 0. The minimum atomic E-state index is -0.285. The molecule has 0 saturated heterocycles. The maximum Gasteiger partial charge on any atom is 0.330 e. The monoisotopic (exact) mass is 204 g/mol. The molecule has 1 aromatic carbocycles. The van der Waals surface area contributed by atoms with E-state index >= 15 is 0 Å². The minimum absolute atomic E-state index is 0.285. The largest absolute Gasteiger partial charge is 0.462 e. The fourth-order valence-corrected chi connectivity index (χ4v) is 1.03. The summed E-state index contributed by atoms with van der Waals surface area (Å²) in [6, 6.07) is 9.67. The lowest BCUT2D eigenvalue weighted by molar-refractivity contribution is -0.138. The number of carbonyl (C=O) groups is 1. The van der Waals surface area contributed by atoms with E-state index < -0.39 is 0 Å². The molecule has 0 heterocycles. The normalized spacial score (nSPS) is 10.9. The van der Waals surface area contributed by atoms with Crippen molar-refractivity contribution in [2.75, 3.05) is 6.61 Å². The number of benzene rings is 1. The molecule has 0 aromatic heterocycles. The van der Waals surface area contributed by atoms with E-state index in [9.17, 15) is 4.79 Å². The van der Waals surface area contributed by atoms with Gasteiger partial charge in [-0.15, -0.1) is 0 Å². The van der Waals surface area contributed by atoms with E-state index in [2.05, 4.69) is 0 Å². The molecule has 2 heteroatoms. The van der Waals surface area contributed by atoms with Gasteiger partial charge in [-0.1, -0.05) is 44.2 Å². The van der Waals surface area contributed by atoms with Gasteiger partial charge in [0.15, 0.2) is 0 Å². The van der Waals surface area contributed by atoms with E-state index in [4.69, 9.17) is 4.74 Å². The Kier molecular flexibility index (Phi) is 4.61. The van der Waals surface area contributed by atoms with Crippen LogP contribution in [0.4, 0.5) is 0 Å². The second-order valence-corrected chi connectivity index (χ2v) is 3.77. The van der Waals surface area contributed by atoms with Crippen LogP contribution in [-0.2, 0) is 9.53 Å². The lowest BCUT2D eigenvalue weighted by Crippen LogP contribution is -2.06. The highest BCUT2D eigenvalue weighted by atomic mass is 16.5. The summed E-state index contributed by atoms with van der Waals surface area (Å²) in [5.41, 5.74) is 0.999. The van der Waals surface area contributed by atoms with Gasteiger partial charge in [0.05, 0.1) is 6.61 Å². The number of ether oxygens (including phenoxy) is 1. The molecule has 0 spiro atoms. The van der Waals surface area contributed by atoms with Gasteiger partial charge in [-0.2, -0.15) is 0 Å².